The predicted octanol–water partition coefficient (Wildman–Crippen LogP) is 5.37. The highest BCUT2D eigenvalue weighted by Gasteiger charge is 2.20. The lowest BCUT2D eigenvalue weighted by molar-refractivity contribution is 0.104. The number of aryl methyl sites for hydroxylation is 1. The van der Waals surface area contributed by atoms with Crippen molar-refractivity contribution >= 4 is 17.5 Å². The van der Waals surface area contributed by atoms with Crippen molar-refractivity contribution < 1.29 is 4.79 Å². The smallest absolute Gasteiger partial charge is 0.187 e. The fraction of sp³-hybridized carbons (Fsp3) is 0.300. The summed E-state index contributed by atoms with van der Waals surface area (Å²) in [5.41, 5.74) is 7.56. The zero-order chi connectivity index (χ0) is 24.1. The number of piperazine rings is 1. The van der Waals surface area contributed by atoms with E-state index in [-0.39, 0.29) is 5.78 Å². The summed E-state index contributed by atoms with van der Waals surface area (Å²) in [6.45, 7) is 6.81. The first-order valence-corrected chi connectivity index (χ1v) is 12.0. The highest BCUT2D eigenvalue weighted by molar-refractivity contribution is 6.11. The largest absolute Gasteiger partial charge is 0.368 e. The molecule has 1 fully saturated rings. The summed E-state index contributed by atoms with van der Waals surface area (Å²) in [4.78, 5) is 20.4. The monoisotopic (exact) mass is 453 g/mol. The molecule has 0 atom stereocenters. The van der Waals surface area contributed by atoms with Crippen LogP contribution in [0.3, 0.4) is 0 Å². The van der Waals surface area contributed by atoms with Gasteiger partial charge in [0.2, 0.25) is 0 Å². The van der Waals surface area contributed by atoms with Crippen molar-refractivity contribution in [1.82, 2.24) is 9.80 Å². The molecular weight excluding hydrogens is 418 g/mol. The van der Waals surface area contributed by atoms with Crippen LogP contribution in [0.2, 0.25) is 0 Å². The van der Waals surface area contributed by atoms with Gasteiger partial charge in [0, 0.05) is 44.0 Å². The maximum absolute atomic E-state index is 13.6. The molecular formula is C30H35N3O. The molecule has 0 saturated carbocycles. The van der Waals surface area contributed by atoms with Crippen LogP contribution in [0, 0.1) is 6.92 Å². The molecule has 4 nitrogen and oxygen atoms in total. The van der Waals surface area contributed by atoms with Crippen LogP contribution in [0.1, 0.15) is 27.0 Å². The average molecular weight is 454 g/mol. The summed E-state index contributed by atoms with van der Waals surface area (Å²) in [7, 11) is 6.27. The molecule has 176 valence electrons. The van der Waals surface area contributed by atoms with E-state index < -0.39 is 0 Å². The molecule has 0 amide bonds. The minimum atomic E-state index is 0.0454. The molecule has 1 aliphatic rings. The summed E-state index contributed by atoms with van der Waals surface area (Å²) in [6.07, 6.45) is 3.71. The molecule has 0 bridgehead atoms. The van der Waals surface area contributed by atoms with Gasteiger partial charge in [-0.15, -0.1) is 0 Å². The highest BCUT2D eigenvalue weighted by atomic mass is 16.1. The number of hydrogen-bond acceptors (Lipinski definition) is 4. The average Bonchev–Trinajstić information content (AvgIpc) is 2.83. The van der Waals surface area contributed by atoms with Gasteiger partial charge in [-0.05, 0) is 74.1 Å². The first-order chi connectivity index (χ1) is 16.4. The fourth-order valence-corrected chi connectivity index (χ4v) is 4.56. The summed E-state index contributed by atoms with van der Waals surface area (Å²) in [5.74, 6) is 0.0454. The molecule has 0 unspecified atom stereocenters. The number of carbonyl (C=O) groups is 1. The van der Waals surface area contributed by atoms with Crippen LogP contribution in [0.5, 0.6) is 0 Å². The van der Waals surface area contributed by atoms with Crippen molar-refractivity contribution in [3.63, 3.8) is 0 Å². The zero-order valence-corrected chi connectivity index (χ0v) is 20.8. The van der Waals surface area contributed by atoms with E-state index >= 15 is 0 Å². The maximum Gasteiger partial charge on any atom is 0.187 e. The van der Waals surface area contributed by atoms with Gasteiger partial charge in [0.25, 0.3) is 0 Å². The van der Waals surface area contributed by atoms with E-state index in [2.05, 4.69) is 103 Å². The summed E-state index contributed by atoms with van der Waals surface area (Å²) in [6, 6.07) is 23.0. The molecule has 34 heavy (non-hydrogen) atoms. The van der Waals surface area contributed by atoms with Gasteiger partial charge in [-0.1, -0.05) is 60.7 Å². The molecule has 3 aromatic carbocycles. The van der Waals surface area contributed by atoms with Crippen molar-refractivity contribution in [2.24, 2.45) is 0 Å². The zero-order valence-electron chi connectivity index (χ0n) is 20.8. The van der Waals surface area contributed by atoms with Gasteiger partial charge in [0.15, 0.2) is 5.78 Å². The second-order valence-corrected chi connectivity index (χ2v) is 9.47. The van der Waals surface area contributed by atoms with Crippen LogP contribution < -0.4 is 4.90 Å². The van der Waals surface area contributed by atoms with Gasteiger partial charge in [-0.25, -0.2) is 0 Å². The van der Waals surface area contributed by atoms with Gasteiger partial charge in [0.05, 0.1) is 0 Å². The molecule has 0 spiro atoms. The Labute approximate surface area is 204 Å². The third-order valence-electron chi connectivity index (χ3n) is 6.52. The molecule has 4 heteroatoms. The van der Waals surface area contributed by atoms with Gasteiger partial charge >= 0.3 is 0 Å². The highest BCUT2D eigenvalue weighted by Crippen LogP contribution is 2.31. The van der Waals surface area contributed by atoms with Crippen LogP contribution in [-0.4, -0.2) is 62.9 Å². The Morgan fingerprint density at radius 1 is 0.941 bits per heavy atom. The summed E-state index contributed by atoms with van der Waals surface area (Å²) >= 11 is 0. The summed E-state index contributed by atoms with van der Waals surface area (Å²) in [5, 5.41) is 0. The molecule has 0 N–H and O–H groups in total. The molecule has 3 aromatic rings. The van der Waals surface area contributed by atoms with Crippen LogP contribution in [0.4, 0.5) is 5.69 Å². The number of allylic oxidation sites excluding steroid dienone is 1. The Kier molecular flexibility index (Phi) is 7.61. The first kappa shape index (κ1) is 23.9. The van der Waals surface area contributed by atoms with E-state index in [0.717, 1.165) is 55.1 Å². The van der Waals surface area contributed by atoms with Crippen molar-refractivity contribution in [3.05, 3.63) is 95.1 Å². The predicted molar refractivity (Wildman–Crippen MR) is 144 cm³/mol. The van der Waals surface area contributed by atoms with E-state index in [1.54, 1.807) is 6.08 Å². The van der Waals surface area contributed by atoms with Crippen molar-refractivity contribution in [1.29, 1.82) is 0 Å². The van der Waals surface area contributed by atoms with Gasteiger partial charge in [-0.2, -0.15) is 0 Å². The number of rotatable bonds is 7. The van der Waals surface area contributed by atoms with E-state index in [9.17, 15) is 4.79 Å². The molecule has 1 aliphatic heterocycles. The van der Waals surface area contributed by atoms with Crippen molar-refractivity contribution in [3.8, 4) is 11.1 Å². The van der Waals surface area contributed by atoms with Gasteiger partial charge in [0.1, 0.15) is 0 Å². The molecule has 0 aromatic heterocycles. The standard InChI is InChI=1S/C30H35N3O/c1-23-9-5-8-12-27(23)25-13-15-29(33-19-17-32(4)18-20-33)28(21-25)30(34)16-14-24-10-6-7-11-26(24)22-31(2)3/h5-16,21H,17-20,22H2,1-4H3. The Hall–Kier alpha value is -3.21. The number of likely N-dealkylation sites (N-methyl/N-ethyl adjacent to an activating group) is 1. The van der Waals surface area contributed by atoms with E-state index in [1.165, 1.54) is 16.7 Å². The van der Waals surface area contributed by atoms with E-state index in [0.29, 0.717) is 0 Å². The lowest BCUT2D eigenvalue weighted by Crippen LogP contribution is -2.45. The number of nitrogens with zero attached hydrogens (tertiary/aromatic N) is 3. The third-order valence-corrected chi connectivity index (χ3v) is 6.52. The number of benzene rings is 3. The number of ketones is 1. The first-order valence-electron chi connectivity index (χ1n) is 12.0. The number of hydrogen-bond donors (Lipinski definition) is 0. The molecule has 0 radical (unpaired) electrons. The quantitative estimate of drug-likeness (QED) is 0.355. The van der Waals surface area contributed by atoms with Crippen molar-refractivity contribution in [2.75, 3.05) is 52.2 Å². The maximum atomic E-state index is 13.6. The number of carbonyl (C=O) groups excluding carboxylic acids is 1. The molecule has 0 aliphatic carbocycles. The number of anilines is 1. The second-order valence-electron chi connectivity index (χ2n) is 9.47. The molecule has 1 saturated heterocycles. The Balaban J connectivity index is 1.71. The minimum absolute atomic E-state index is 0.0454. The topological polar surface area (TPSA) is 26.8 Å². The van der Waals surface area contributed by atoms with Crippen LogP contribution in [0.15, 0.2) is 72.8 Å². The van der Waals surface area contributed by atoms with E-state index in [1.807, 2.05) is 12.1 Å². The molecule has 1 heterocycles. The van der Waals surface area contributed by atoms with Crippen LogP contribution in [0.25, 0.3) is 17.2 Å². The van der Waals surface area contributed by atoms with Crippen molar-refractivity contribution in [2.45, 2.75) is 13.5 Å². The lowest BCUT2D eigenvalue weighted by atomic mass is 9.95. The minimum Gasteiger partial charge on any atom is -0.368 e. The van der Waals surface area contributed by atoms with Gasteiger partial charge in [-0.3, -0.25) is 4.79 Å². The van der Waals surface area contributed by atoms with E-state index in [4.69, 9.17) is 0 Å². The van der Waals surface area contributed by atoms with Crippen LogP contribution >= 0.6 is 0 Å². The Morgan fingerprint density at radius 3 is 2.38 bits per heavy atom. The van der Waals surface area contributed by atoms with Gasteiger partial charge < -0.3 is 14.7 Å². The van der Waals surface area contributed by atoms with Crippen LogP contribution in [-0.2, 0) is 6.54 Å². The SMILES string of the molecule is Cc1ccccc1-c1ccc(N2CCN(C)CC2)c(C(=O)C=Cc2ccccc2CN(C)C)c1. The lowest BCUT2D eigenvalue weighted by Gasteiger charge is -2.35. The Morgan fingerprint density at radius 2 is 1.65 bits per heavy atom. The normalized spacial score (nSPS) is 14.8. The fourth-order valence-electron chi connectivity index (χ4n) is 4.56. The Bertz CT molecular complexity index is 1170. The summed E-state index contributed by atoms with van der Waals surface area (Å²) < 4.78 is 0. The second kappa shape index (κ2) is 10.8. The molecule has 4 rings (SSSR count). The third kappa shape index (κ3) is 5.64.